The molecule has 2 rings (SSSR count). The molecule has 0 unspecified atom stereocenters. The summed E-state index contributed by atoms with van der Waals surface area (Å²) in [6, 6.07) is 0. The molecule has 0 aromatic heterocycles. The summed E-state index contributed by atoms with van der Waals surface area (Å²) in [7, 11) is 0. The van der Waals surface area contributed by atoms with Gasteiger partial charge in [0.25, 0.3) is 0 Å². The number of rotatable bonds is 0. The molecule has 0 atom stereocenters. The van der Waals surface area contributed by atoms with Gasteiger partial charge in [-0.2, -0.15) is 0 Å². The van der Waals surface area contributed by atoms with Gasteiger partial charge in [-0.25, -0.2) is 0 Å². The van der Waals surface area contributed by atoms with Gasteiger partial charge in [-0.05, 0) is 49.3 Å². The molecule has 1 aliphatic heterocycles. The normalized spacial score (nSPS) is 22.8. The number of ether oxygens (including phenoxy) is 1. The predicted octanol–water partition coefficient (Wildman–Crippen LogP) is 4.08. The average molecular weight is 190 g/mol. The van der Waals surface area contributed by atoms with Crippen LogP contribution in [0.25, 0.3) is 0 Å². The second kappa shape index (κ2) is 4.50. The summed E-state index contributed by atoms with van der Waals surface area (Å²) in [5.41, 5.74) is 4.10. The first-order valence-corrected chi connectivity index (χ1v) is 5.58. The molecule has 76 valence electrons. The van der Waals surface area contributed by atoms with Gasteiger partial charge in [0.2, 0.25) is 0 Å². The predicted molar refractivity (Wildman–Crippen MR) is 58.7 cm³/mol. The topological polar surface area (TPSA) is 9.23 Å². The van der Waals surface area contributed by atoms with Crippen LogP contribution in [0.5, 0.6) is 0 Å². The number of fused-ring (bicyclic) bond motifs is 2. The molecule has 0 radical (unpaired) electrons. The molecule has 0 amide bonds. The molecule has 0 N–H and O–H groups in total. The monoisotopic (exact) mass is 190 g/mol. The van der Waals surface area contributed by atoms with Crippen molar-refractivity contribution in [3.8, 4) is 0 Å². The molecule has 1 heterocycles. The minimum atomic E-state index is 1.17. The highest BCUT2D eigenvalue weighted by Crippen LogP contribution is 2.26. The second-order valence-electron chi connectivity index (χ2n) is 4.21. The van der Waals surface area contributed by atoms with E-state index in [1.165, 1.54) is 55.2 Å². The third kappa shape index (κ3) is 2.28. The Bertz CT molecular complexity index is 294. The lowest BCUT2D eigenvalue weighted by molar-refractivity contribution is 0.394. The summed E-state index contributed by atoms with van der Waals surface area (Å²) in [4.78, 5) is 0. The molecule has 0 aromatic rings. The van der Waals surface area contributed by atoms with Gasteiger partial charge >= 0.3 is 0 Å². The van der Waals surface area contributed by atoms with Crippen LogP contribution in [-0.2, 0) is 4.74 Å². The summed E-state index contributed by atoms with van der Waals surface area (Å²) in [5.74, 6) is 0. The van der Waals surface area contributed by atoms with Crippen molar-refractivity contribution in [2.75, 3.05) is 0 Å². The molecule has 0 fully saturated rings. The molecule has 0 saturated carbocycles. The first-order chi connectivity index (χ1) is 6.86. The van der Waals surface area contributed by atoms with Gasteiger partial charge < -0.3 is 4.74 Å². The van der Waals surface area contributed by atoms with Gasteiger partial charge in [0.1, 0.15) is 0 Å². The van der Waals surface area contributed by atoms with Crippen LogP contribution in [0.1, 0.15) is 45.4 Å². The smallest absolute Gasteiger partial charge is 0.0936 e. The molecule has 2 aliphatic rings. The van der Waals surface area contributed by atoms with E-state index in [9.17, 15) is 0 Å². The van der Waals surface area contributed by atoms with E-state index in [4.69, 9.17) is 4.74 Å². The van der Waals surface area contributed by atoms with Crippen LogP contribution in [0.4, 0.5) is 0 Å². The van der Waals surface area contributed by atoms with Crippen molar-refractivity contribution in [2.45, 2.75) is 45.4 Å². The van der Waals surface area contributed by atoms with Gasteiger partial charge in [-0.15, -0.1) is 0 Å². The van der Waals surface area contributed by atoms with Crippen molar-refractivity contribution in [1.82, 2.24) is 0 Å². The summed E-state index contributed by atoms with van der Waals surface area (Å²) in [5, 5.41) is 0. The first kappa shape index (κ1) is 9.57. The van der Waals surface area contributed by atoms with Crippen molar-refractivity contribution in [1.29, 1.82) is 0 Å². The summed E-state index contributed by atoms with van der Waals surface area (Å²) < 4.78 is 5.45. The lowest BCUT2D eigenvalue weighted by Gasteiger charge is -2.09. The van der Waals surface area contributed by atoms with Crippen molar-refractivity contribution in [2.24, 2.45) is 0 Å². The Morgan fingerprint density at radius 2 is 1.79 bits per heavy atom. The Morgan fingerprint density at radius 1 is 1.00 bits per heavy atom. The van der Waals surface area contributed by atoms with Crippen LogP contribution in [0.3, 0.4) is 0 Å². The zero-order valence-corrected chi connectivity index (χ0v) is 8.88. The fraction of sp³-hybridized carbons (Fsp3) is 0.538. The van der Waals surface area contributed by atoms with Crippen LogP contribution in [0.2, 0.25) is 0 Å². The Hall–Kier alpha value is -0.980. The third-order valence-corrected chi connectivity index (χ3v) is 3.00. The molecule has 2 bridgehead atoms. The van der Waals surface area contributed by atoms with Crippen molar-refractivity contribution in [3.63, 3.8) is 0 Å². The van der Waals surface area contributed by atoms with E-state index in [0.717, 1.165) is 0 Å². The van der Waals surface area contributed by atoms with Gasteiger partial charge in [0, 0.05) is 0 Å². The van der Waals surface area contributed by atoms with Gasteiger partial charge in [0.05, 0.1) is 12.5 Å². The molecule has 0 saturated heterocycles. The van der Waals surface area contributed by atoms with Crippen LogP contribution in [-0.4, -0.2) is 0 Å². The molecule has 0 spiro atoms. The largest absolute Gasteiger partial charge is 0.472 e. The van der Waals surface area contributed by atoms with Crippen molar-refractivity contribution in [3.05, 3.63) is 35.3 Å². The zero-order valence-electron chi connectivity index (χ0n) is 8.88. The quantitative estimate of drug-likeness (QED) is 0.559. The lowest BCUT2D eigenvalue weighted by Crippen LogP contribution is -1.90. The Kier molecular flexibility index (Phi) is 3.07. The SMILES string of the molecule is CC1=CC2=COC=C1CCCCCC2. The van der Waals surface area contributed by atoms with Crippen LogP contribution >= 0.6 is 0 Å². The Labute approximate surface area is 86.2 Å². The van der Waals surface area contributed by atoms with E-state index in [0.29, 0.717) is 0 Å². The minimum Gasteiger partial charge on any atom is -0.472 e. The fourth-order valence-electron chi connectivity index (χ4n) is 2.09. The van der Waals surface area contributed by atoms with Gasteiger partial charge in [0.15, 0.2) is 0 Å². The van der Waals surface area contributed by atoms with E-state index in [1.54, 1.807) is 0 Å². The second-order valence-corrected chi connectivity index (χ2v) is 4.21. The maximum Gasteiger partial charge on any atom is 0.0936 e. The summed E-state index contributed by atoms with van der Waals surface area (Å²) >= 11 is 0. The summed E-state index contributed by atoms with van der Waals surface area (Å²) in [6.07, 6.45) is 13.8. The first-order valence-electron chi connectivity index (χ1n) is 5.58. The maximum atomic E-state index is 5.45. The van der Waals surface area contributed by atoms with Crippen LogP contribution in [0, 0.1) is 0 Å². The third-order valence-electron chi connectivity index (χ3n) is 3.00. The highest BCUT2D eigenvalue weighted by Gasteiger charge is 2.08. The highest BCUT2D eigenvalue weighted by molar-refractivity contribution is 5.36. The fourth-order valence-corrected chi connectivity index (χ4v) is 2.09. The number of hydrogen-bond acceptors (Lipinski definition) is 1. The Balaban J connectivity index is 2.22. The number of hydrogen-bond donors (Lipinski definition) is 0. The molecule has 0 aromatic carbocycles. The Morgan fingerprint density at radius 3 is 2.64 bits per heavy atom. The highest BCUT2D eigenvalue weighted by atomic mass is 16.5. The van der Waals surface area contributed by atoms with E-state index in [1.807, 2.05) is 12.5 Å². The molecular weight excluding hydrogens is 172 g/mol. The van der Waals surface area contributed by atoms with E-state index >= 15 is 0 Å². The maximum absolute atomic E-state index is 5.45. The molecular formula is C13H18O. The van der Waals surface area contributed by atoms with Crippen LogP contribution < -0.4 is 0 Å². The van der Waals surface area contributed by atoms with E-state index < -0.39 is 0 Å². The van der Waals surface area contributed by atoms with Crippen molar-refractivity contribution < 1.29 is 4.74 Å². The molecule has 1 nitrogen and oxygen atoms in total. The minimum absolute atomic E-state index is 1.17. The zero-order chi connectivity index (χ0) is 9.80. The van der Waals surface area contributed by atoms with E-state index in [2.05, 4.69) is 13.0 Å². The lowest BCUT2D eigenvalue weighted by atomic mass is 9.96. The molecule has 1 heteroatoms. The van der Waals surface area contributed by atoms with Crippen LogP contribution in [0.15, 0.2) is 35.3 Å². The molecule has 1 aliphatic carbocycles. The van der Waals surface area contributed by atoms with Gasteiger partial charge in [-0.3, -0.25) is 0 Å². The number of allylic oxidation sites excluding steroid dienone is 4. The standard InChI is InChI=1S/C13H18O/c1-11-8-12-6-4-2-3-5-7-13(11)10-14-9-12/h8-10H,2-7H2,1H3. The summed E-state index contributed by atoms with van der Waals surface area (Å²) in [6.45, 7) is 2.19. The van der Waals surface area contributed by atoms with Crippen molar-refractivity contribution >= 4 is 0 Å². The van der Waals surface area contributed by atoms with Gasteiger partial charge in [-0.1, -0.05) is 18.9 Å². The van der Waals surface area contributed by atoms with E-state index in [-0.39, 0.29) is 0 Å². The average Bonchev–Trinajstić information content (AvgIpc) is 2.37. The molecule has 14 heavy (non-hydrogen) atoms.